The fraction of sp³-hybridized carbons (Fsp3) is 0.0625. The van der Waals surface area contributed by atoms with Crippen LogP contribution in [0.4, 0.5) is 23.1 Å². The lowest BCUT2D eigenvalue weighted by Crippen LogP contribution is -2.02. The zero-order valence-electron chi connectivity index (χ0n) is 12.0. The molecule has 0 amide bonds. The molecular weight excluding hydrogens is 278 g/mol. The molecule has 2 aromatic carbocycles. The Morgan fingerprint density at radius 2 is 1.73 bits per heavy atom. The van der Waals surface area contributed by atoms with Gasteiger partial charge in [0.05, 0.1) is 13.3 Å². The maximum atomic E-state index is 5.19. The Morgan fingerprint density at radius 1 is 0.909 bits per heavy atom. The molecule has 0 bridgehead atoms. The van der Waals surface area contributed by atoms with Gasteiger partial charge in [-0.25, -0.2) is 0 Å². The molecular formula is C16H15N5O. The highest BCUT2D eigenvalue weighted by Crippen LogP contribution is 2.20. The van der Waals surface area contributed by atoms with E-state index in [1.165, 1.54) is 0 Å². The Hall–Kier alpha value is -3.15. The second-order valence-electron chi connectivity index (χ2n) is 4.51. The number of anilines is 4. The van der Waals surface area contributed by atoms with Crippen LogP contribution >= 0.6 is 0 Å². The van der Waals surface area contributed by atoms with E-state index in [9.17, 15) is 0 Å². The number of nitrogens with zero attached hydrogens (tertiary/aromatic N) is 3. The van der Waals surface area contributed by atoms with Gasteiger partial charge in [0.1, 0.15) is 5.75 Å². The minimum atomic E-state index is 0.411. The molecule has 3 rings (SSSR count). The van der Waals surface area contributed by atoms with E-state index in [4.69, 9.17) is 4.74 Å². The lowest BCUT2D eigenvalue weighted by molar-refractivity contribution is 0.415. The molecule has 0 atom stereocenters. The highest BCUT2D eigenvalue weighted by atomic mass is 16.5. The summed E-state index contributed by atoms with van der Waals surface area (Å²) in [5.74, 6) is 1.79. The number of hydrogen-bond donors (Lipinski definition) is 2. The second kappa shape index (κ2) is 6.53. The summed E-state index contributed by atoms with van der Waals surface area (Å²) in [5.41, 5.74) is 1.77. The van der Waals surface area contributed by atoms with E-state index in [0.29, 0.717) is 11.8 Å². The fourth-order valence-corrected chi connectivity index (χ4v) is 1.92. The van der Waals surface area contributed by atoms with Gasteiger partial charge in [0, 0.05) is 17.4 Å². The van der Waals surface area contributed by atoms with Gasteiger partial charge in [0.2, 0.25) is 5.95 Å². The molecule has 6 nitrogen and oxygen atoms in total. The number of nitrogens with one attached hydrogen (secondary N) is 2. The van der Waals surface area contributed by atoms with Crippen LogP contribution in [0.3, 0.4) is 0 Å². The summed E-state index contributed by atoms with van der Waals surface area (Å²) < 4.78 is 5.19. The van der Waals surface area contributed by atoms with E-state index in [2.05, 4.69) is 25.8 Å². The topological polar surface area (TPSA) is 72.0 Å². The van der Waals surface area contributed by atoms with Gasteiger partial charge in [0.15, 0.2) is 5.82 Å². The first kappa shape index (κ1) is 13.8. The summed E-state index contributed by atoms with van der Waals surface area (Å²) in [6.07, 6.45) is 1.57. The molecule has 0 aliphatic carbocycles. The van der Waals surface area contributed by atoms with Crippen LogP contribution in [0.5, 0.6) is 5.75 Å². The zero-order chi connectivity index (χ0) is 15.2. The predicted octanol–water partition coefficient (Wildman–Crippen LogP) is 3.37. The molecule has 1 aromatic heterocycles. The van der Waals surface area contributed by atoms with Crippen molar-refractivity contribution in [2.45, 2.75) is 0 Å². The van der Waals surface area contributed by atoms with E-state index >= 15 is 0 Å². The van der Waals surface area contributed by atoms with E-state index in [1.54, 1.807) is 13.3 Å². The number of rotatable bonds is 5. The number of benzene rings is 2. The molecule has 0 saturated carbocycles. The van der Waals surface area contributed by atoms with Crippen LogP contribution in [0, 0.1) is 0 Å². The van der Waals surface area contributed by atoms with E-state index in [1.807, 2.05) is 54.6 Å². The molecule has 0 aliphatic rings. The second-order valence-corrected chi connectivity index (χ2v) is 4.51. The zero-order valence-corrected chi connectivity index (χ0v) is 12.0. The number of aromatic nitrogens is 3. The largest absolute Gasteiger partial charge is 0.497 e. The third-order valence-electron chi connectivity index (χ3n) is 2.93. The molecule has 110 valence electrons. The Balaban J connectivity index is 1.76. The Morgan fingerprint density at radius 3 is 2.55 bits per heavy atom. The highest BCUT2D eigenvalue weighted by molar-refractivity contribution is 5.59. The SMILES string of the molecule is COc1cccc(Nc2nncc(Nc3ccccc3)n2)c1. The Bertz CT molecular complexity index is 748. The average molecular weight is 293 g/mol. The van der Waals surface area contributed by atoms with Crippen LogP contribution in [0.1, 0.15) is 0 Å². The minimum Gasteiger partial charge on any atom is -0.497 e. The average Bonchev–Trinajstić information content (AvgIpc) is 2.56. The Labute approximate surface area is 128 Å². The lowest BCUT2D eigenvalue weighted by Gasteiger charge is -2.08. The molecule has 0 aliphatic heterocycles. The van der Waals surface area contributed by atoms with Gasteiger partial charge < -0.3 is 15.4 Å². The highest BCUT2D eigenvalue weighted by Gasteiger charge is 2.02. The van der Waals surface area contributed by atoms with E-state index in [0.717, 1.165) is 17.1 Å². The van der Waals surface area contributed by atoms with Gasteiger partial charge in [-0.2, -0.15) is 10.1 Å². The van der Waals surface area contributed by atoms with Crippen molar-refractivity contribution in [3.63, 3.8) is 0 Å². The molecule has 2 N–H and O–H groups in total. The third kappa shape index (κ3) is 3.49. The normalized spacial score (nSPS) is 10.0. The first-order chi connectivity index (χ1) is 10.8. The van der Waals surface area contributed by atoms with Crippen LogP contribution in [0.2, 0.25) is 0 Å². The summed E-state index contributed by atoms with van der Waals surface area (Å²) in [6, 6.07) is 17.3. The monoisotopic (exact) mass is 293 g/mol. The smallest absolute Gasteiger partial charge is 0.249 e. The molecule has 0 radical (unpaired) electrons. The number of methoxy groups -OCH3 is 1. The summed E-state index contributed by atoms with van der Waals surface area (Å²) in [6.45, 7) is 0. The van der Waals surface area contributed by atoms with Crippen molar-refractivity contribution < 1.29 is 4.74 Å². The molecule has 22 heavy (non-hydrogen) atoms. The van der Waals surface area contributed by atoms with Crippen LogP contribution in [-0.2, 0) is 0 Å². The first-order valence-electron chi connectivity index (χ1n) is 6.76. The summed E-state index contributed by atoms with van der Waals surface area (Å²) in [5, 5.41) is 14.2. The minimum absolute atomic E-state index is 0.411. The summed E-state index contributed by atoms with van der Waals surface area (Å²) >= 11 is 0. The molecule has 0 unspecified atom stereocenters. The van der Waals surface area contributed by atoms with Crippen molar-refractivity contribution in [1.82, 2.24) is 15.2 Å². The van der Waals surface area contributed by atoms with Crippen molar-refractivity contribution in [1.29, 1.82) is 0 Å². The molecule has 0 spiro atoms. The van der Waals surface area contributed by atoms with Crippen molar-refractivity contribution in [3.8, 4) is 5.75 Å². The third-order valence-corrected chi connectivity index (χ3v) is 2.93. The number of hydrogen-bond acceptors (Lipinski definition) is 6. The van der Waals surface area contributed by atoms with Gasteiger partial charge in [0.25, 0.3) is 0 Å². The predicted molar refractivity (Wildman–Crippen MR) is 85.8 cm³/mol. The Kier molecular flexibility index (Phi) is 4.10. The van der Waals surface area contributed by atoms with E-state index in [-0.39, 0.29) is 0 Å². The first-order valence-corrected chi connectivity index (χ1v) is 6.76. The van der Waals surface area contributed by atoms with Gasteiger partial charge in [-0.15, -0.1) is 5.10 Å². The van der Waals surface area contributed by atoms with Crippen LogP contribution in [0.15, 0.2) is 60.8 Å². The number of para-hydroxylation sites is 1. The fourth-order valence-electron chi connectivity index (χ4n) is 1.92. The molecule has 1 heterocycles. The maximum absolute atomic E-state index is 5.19. The van der Waals surface area contributed by atoms with E-state index < -0.39 is 0 Å². The van der Waals surface area contributed by atoms with Crippen LogP contribution in [-0.4, -0.2) is 22.3 Å². The van der Waals surface area contributed by atoms with Crippen LogP contribution < -0.4 is 15.4 Å². The quantitative estimate of drug-likeness (QED) is 0.751. The van der Waals surface area contributed by atoms with Gasteiger partial charge in [-0.05, 0) is 24.3 Å². The molecule has 0 saturated heterocycles. The van der Waals surface area contributed by atoms with Crippen LogP contribution in [0.25, 0.3) is 0 Å². The van der Waals surface area contributed by atoms with Crippen molar-refractivity contribution in [2.24, 2.45) is 0 Å². The number of ether oxygens (including phenoxy) is 1. The van der Waals surface area contributed by atoms with Gasteiger partial charge in [-0.3, -0.25) is 0 Å². The van der Waals surface area contributed by atoms with Gasteiger partial charge >= 0.3 is 0 Å². The van der Waals surface area contributed by atoms with Gasteiger partial charge in [-0.1, -0.05) is 24.3 Å². The van der Waals surface area contributed by atoms with Crippen molar-refractivity contribution >= 4 is 23.1 Å². The molecule has 0 fully saturated rings. The summed E-state index contributed by atoms with van der Waals surface area (Å²) in [4.78, 5) is 4.38. The maximum Gasteiger partial charge on any atom is 0.249 e. The van der Waals surface area contributed by atoms with Crippen molar-refractivity contribution in [3.05, 3.63) is 60.8 Å². The standard InChI is InChI=1S/C16H15N5O/c1-22-14-9-5-8-13(10-14)19-16-20-15(11-17-21-16)18-12-6-3-2-4-7-12/h2-11H,1H3,(H2,18,19,20,21). The van der Waals surface area contributed by atoms with Crippen molar-refractivity contribution in [2.75, 3.05) is 17.7 Å². The molecule has 6 heteroatoms. The summed E-state index contributed by atoms with van der Waals surface area (Å²) in [7, 11) is 1.63. The lowest BCUT2D eigenvalue weighted by atomic mass is 10.3. The molecule has 3 aromatic rings.